The van der Waals surface area contributed by atoms with Crippen LogP contribution in [0.3, 0.4) is 0 Å². The largest absolute Gasteiger partial charge is 0.340 e. The monoisotopic (exact) mass is 365 g/mol. The summed E-state index contributed by atoms with van der Waals surface area (Å²) < 4.78 is 0. The summed E-state index contributed by atoms with van der Waals surface area (Å²) in [6.45, 7) is 6.74. The average Bonchev–Trinajstić information content (AvgIpc) is 2.73. The number of benzene rings is 2. The Morgan fingerprint density at radius 3 is 2.07 bits per heavy atom. The van der Waals surface area contributed by atoms with Crippen LogP contribution in [0.25, 0.3) is 0 Å². The number of hydrogen-bond acceptors (Lipinski definition) is 3. The number of nitrogens with zero attached hydrogens (tertiary/aromatic N) is 3. The molecule has 1 aliphatic heterocycles. The molecule has 2 aromatic carbocycles. The number of hydrogen-bond donors (Lipinski definition) is 0. The van der Waals surface area contributed by atoms with Gasteiger partial charge in [0.1, 0.15) is 6.42 Å². The van der Waals surface area contributed by atoms with Crippen molar-refractivity contribution in [2.24, 2.45) is 0 Å². The summed E-state index contributed by atoms with van der Waals surface area (Å²) in [7, 11) is 0. The van der Waals surface area contributed by atoms with Gasteiger partial charge in [-0.3, -0.25) is 9.59 Å². The topological polar surface area (TPSA) is 43.9 Å². The van der Waals surface area contributed by atoms with E-state index in [1.165, 1.54) is 0 Å². The van der Waals surface area contributed by atoms with Gasteiger partial charge in [0.15, 0.2) is 0 Å². The van der Waals surface area contributed by atoms with E-state index >= 15 is 0 Å². The van der Waals surface area contributed by atoms with E-state index in [0.29, 0.717) is 19.6 Å². The Morgan fingerprint density at radius 1 is 0.889 bits per heavy atom. The number of rotatable bonds is 6. The van der Waals surface area contributed by atoms with Crippen LogP contribution in [-0.4, -0.2) is 54.3 Å². The zero-order valence-electron chi connectivity index (χ0n) is 15.9. The lowest BCUT2D eigenvalue weighted by Gasteiger charge is -2.34. The number of amides is 2. The molecule has 3 rings (SSSR count). The van der Waals surface area contributed by atoms with Crippen molar-refractivity contribution in [3.8, 4) is 0 Å². The third-order valence-corrected chi connectivity index (χ3v) is 5.03. The van der Waals surface area contributed by atoms with Crippen LogP contribution in [0.2, 0.25) is 0 Å². The molecule has 5 nitrogen and oxygen atoms in total. The molecule has 5 heteroatoms. The number of carbonyl (C=O) groups is 2. The predicted molar refractivity (Wildman–Crippen MR) is 107 cm³/mol. The van der Waals surface area contributed by atoms with Crippen molar-refractivity contribution >= 4 is 17.5 Å². The summed E-state index contributed by atoms with van der Waals surface area (Å²) in [5.41, 5.74) is 1.86. The second-order valence-electron chi connectivity index (χ2n) is 6.79. The quantitative estimate of drug-likeness (QED) is 0.740. The summed E-state index contributed by atoms with van der Waals surface area (Å²) in [5, 5.41) is 0. The van der Waals surface area contributed by atoms with E-state index in [0.717, 1.165) is 30.9 Å². The molecular weight excluding hydrogens is 338 g/mol. The van der Waals surface area contributed by atoms with E-state index in [1.807, 2.05) is 65.6 Å². The minimum atomic E-state index is -0.159. The summed E-state index contributed by atoms with van der Waals surface area (Å²) in [6.07, 6.45) is -0.0894. The normalized spacial score (nSPS) is 14.8. The molecule has 0 atom stereocenters. The van der Waals surface area contributed by atoms with Gasteiger partial charge in [0.2, 0.25) is 11.8 Å². The first kappa shape index (κ1) is 19.1. The summed E-state index contributed by atoms with van der Waals surface area (Å²) in [6, 6.07) is 19.4. The van der Waals surface area contributed by atoms with Crippen molar-refractivity contribution in [1.29, 1.82) is 0 Å². The Balaban J connectivity index is 1.68. The first-order valence-corrected chi connectivity index (χ1v) is 9.57. The molecule has 1 heterocycles. The molecule has 2 amide bonds. The molecule has 2 aromatic rings. The van der Waals surface area contributed by atoms with Crippen molar-refractivity contribution < 1.29 is 9.59 Å². The zero-order valence-corrected chi connectivity index (χ0v) is 15.9. The van der Waals surface area contributed by atoms with Gasteiger partial charge in [-0.25, -0.2) is 0 Å². The van der Waals surface area contributed by atoms with Gasteiger partial charge in [-0.1, -0.05) is 55.5 Å². The van der Waals surface area contributed by atoms with Gasteiger partial charge in [0, 0.05) is 31.9 Å². The Labute approximate surface area is 161 Å². The average molecular weight is 365 g/mol. The molecule has 27 heavy (non-hydrogen) atoms. The fourth-order valence-corrected chi connectivity index (χ4v) is 3.35. The third kappa shape index (κ3) is 5.17. The first-order chi connectivity index (χ1) is 13.2. The molecule has 0 aliphatic carbocycles. The van der Waals surface area contributed by atoms with Gasteiger partial charge in [0.25, 0.3) is 0 Å². The van der Waals surface area contributed by atoms with E-state index in [-0.39, 0.29) is 18.2 Å². The summed E-state index contributed by atoms with van der Waals surface area (Å²) in [5.74, 6) is -0.238. The Morgan fingerprint density at radius 2 is 1.48 bits per heavy atom. The standard InChI is InChI=1S/C22H27N3O2/c1-2-23-13-15-24(16-14-23)21(26)17-22(27)25(20-11-7-4-8-12-20)18-19-9-5-3-6-10-19/h3-12H,2,13-18H2,1H3. The maximum absolute atomic E-state index is 13.0. The molecule has 1 fully saturated rings. The fraction of sp³-hybridized carbons (Fsp3) is 0.364. The highest BCUT2D eigenvalue weighted by Crippen LogP contribution is 2.18. The van der Waals surface area contributed by atoms with E-state index in [2.05, 4.69) is 11.8 Å². The Hall–Kier alpha value is -2.66. The second-order valence-corrected chi connectivity index (χ2v) is 6.79. The van der Waals surface area contributed by atoms with Gasteiger partial charge in [-0.05, 0) is 24.2 Å². The van der Waals surface area contributed by atoms with Gasteiger partial charge in [-0.15, -0.1) is 0 Å². The number of para-hydroxylation sites is 1. The first-order valence-electron chi connectivity index (χ1n) is 9.57. The maximum Gasteiger partial charge on any atom is 0.236 e. The van der Waals surface area contributed by atoms with Crippen molar-refractivity contribution in [2.45, 2.75) is 19.9 Å². The van der Waals surface area contributed by atoms with Crippen LogP contribution in [0.15, 0.2) is 60.7 Å². The maximum atomic E-state index is 13.0. The van der Waals surface area contributed by atoms with E-state index in [1.54, 1.807) is 4.90 Å². The van der Waals surface area contributed by atoms with E-state index in [4.69, 9.17) is 0 Å². The fourth-order valence-electron chi connectivity index (χ4n) is 3.35. The minimum absolute atomic E-state index is 0.0789. The number of piperazine rings is 1. The SMILES string of the molecule is CCN1CCN(C(=O)CC(=O)N(Cc2ccccc2)c2ccccc2)CC1. The van der Waals surface area contributed by atoms with Crippen LogP contribution in [0.1, 0.15) is 18.9 Å². The highest BCUT2D eigenvalue weighted by molar-refractivity contribution is 6.04. The smallest absolute Gasteiger partial charge is 0.236 e. The Bertz CT molecular complexity index is 741. The lowest BCUT2D eigenvalue weighted by molar-refractivity contribution is -0.136. The highest BCUT2D eigenvalue weighted by atomic mass is 16.2. The van der Waals surface area contributed by atoms with Crippen LogP contribution in [0.5, 0.6) is 0 Å². The molecule has 0 radical (unpaired) electrons. The van der Waals surface area contributed by atoms with E-state index in [9.17, 15) is 9.59 Å². The minimum Gasteiger partial charge on any atom is -0.340 e. The number of likely N-dealkylation sites (N-methyl/N-ethyl adjacent to an activating group) is 1. The number of carbonyl (C=O) groups excluding carboxylic acids is 2. The molecule has 142 valence electrons. The zero-order chi connectivity index (χ0) is 19.1. The van der Waals surface area contributed by atoms with Crippen molar-refractivity contribution in [3.63, 3.8) is 0 Å². The van der Waals surface area contributed by atoms with Crippen molar-refractivity contribution in [2.75, 3.05) is 37.6 Å². The van der Waals surface area contributed by atoms with Gasteiger partial charge in [-0.2, -0.15) is 0 Å². The third-order valence-electron chi connectivity index (χ3n) is 5.03. The lowest BCUT2D eigenvalue weighted by Crippen LogP contribution is -2.49. The highest BCUT2D eigenvalue weighted by Gasteiger charge is 2.25. The predicted octanol–water partition coefficient (Wildman–Crippen LogP) is 2.77. The molecule has 0 unspecified atom stereocenters. The van der Waals surface area contributed by atoms with Crippen LogP contribution in [0.4, 0.5) is 5.69 Å². The molecule has 0 aromatic heterocycles. The lowest BCUT2D eigenvalue weighted by atomic mass is 10.1. The van der Waals surface area contributed by atoms with Crippen molar-refractivity contribution in [1.82, 2.24) is 9.80 Å². The molecular formula is C22H27N3O2. The van der Waals surface area contributed by atoms with Crippen LogP contribution >= 0.6 is 0 Å². The van der Waals surface area contributed by atoms with Gasteiger partial charge < -0.3 is 14.7 Å². The number of anilines is 1. The Kier molecular flexibility index (Phi) is 6.60. The van der Waals surface area contributed by atoms with Gasteiger partial charge in [0.05, 0.1) is 6.54 Å². The second kappa shape index (κ2) is 9.33. The molecule has 0 N–H and O–H groups in total. The van der Waals surface area contributed by atoms with Crippen LogP contribution in [0, 0.1) is 0 Å². The van der Waals surface area contributed by atoms with Crippen LogP contribution < -0.4 is 4.90 Å². The van der Waals surface area contributed by atoms with Crippen LogP contribution in [-0.2, 0) is 16.1 Å². The molecule has 0 bridgehead atoms. The molecule has 0 saturated carbocycles. The van der Waals surface area contributed by atoms with Gasteiger partial charge >= 0.3 is 0 Å². The molecule has 1 saturated heterocycles. The van der Waals surface area contributed by atoms with Crippen molar-refractivity contribution in [3.05, 3.63) is 66.2 Å². The molecule has 1 aliphatic rings. The van der Waals surface area contributed by atoms with E-state index < -0.39 is 0 Å². The summed E-state index contributed by atoms with van der Waals surface area (Å²) >= 11 is 0. The molecule has 0 spiro atoms. The summed E-state index contributed by atoms with van der Waals surface area (Å²) in [4.78, 5) is 31.5.